The van der Waals surface area contributed by atoms with E-state index in [1.807, 2.05) is 24.3 Å². The summed E-state index contributed by atoms with van der Waals surface area (Å²) in [6.45, 7) is 0. The Hall–Kier alpha value is -2.30. The van der Waals surface area contributed by atoms with Crippen LogP contribution in [0.1, 0.15) is 0 Å². The van der Waals surface area contributed by atoms with Crippen molar-refractivity contribution < 1.29 is 4.74 Å². The van der Waals surface area contributed by atoms with Crippen LogP contribution in [0.2, 0.25) is 0 Å². The summed E-state index contributed by atoms with van der Waals surface area (Å²) in [5.74, 6) is 1.84. The third-order valence-corrected chi connectivity index (χ3v) is 2.11. The molecule has 0 atom stereocenters. The molecule has 2 aromatic rings. The van der Waals surface area contributed by atoms with Crippen molar-refractivity contribution in [2.75, 3.05) is 18.6 Å². The van der Waals surface area contributed by atoms with Gasteiger partial charge in [-0.3, -0.25) is 0 Å². The average molecular weight is 216 g/mol. The van der Waals surface area contributed by atoms with Crippen LogP contribution in [0.15, 0.2) is 30.3 Å². The largest absolute Gasteiger partial charge is 0.496 e. The first kappa shape index (κ1) is 10.2. The number of para-hydroxylation sites is 1. The van der Waals surface area contributed by atoms with Crippen LogP contribution in [0.5, 0.6) is 5.75 Å². The molecule has 5 nitrogen and oxygen atoms in total. The molecular weight excluding hydrogens is 204 g/mol. The Bertz CT molecular complexity index is 493. The van der Waals surface area contributed by atoms with Gasteiger partial charge < -0.3 is 16.2 Å². The summed E-state index contributed by atoms with van der Waals surface area (Å²) in [4.78, 5) is 8.24. The lowest BCUT2D eigenvalue weighted by molar-refractivity contribution is 0.416. The van der Waals surface area contributed by atoms with Gasteiger partial charge in [-0.2, -0.15) is 0 Å². The number of hydrogen-bond acceptors (Lipinski definition) is 5. The van der Waals surface area contributed by atoms with Crippen molar-refractivity contribution in [1.29, 1.82) is 0 Å². The monoisotopic (exact) mass is 216 g/mol. The summed E-state index contributed by atoms with van der Waals surface area (Å²) >= 11 is 0. The SMILES string of the molecule is COc1ccccc1-c1nc(N)cc(N)n1. The zero-order valence-corrected chi connectivity index (χ0v) is 8.84. The maximum Gasteiger partial charge on any atom is 0.167 e. The van der Waals surface area contributed by atoms with Gasteiger partial charge in [0.2, 0.25) is 0 Å². The first-order chi connectivity index (χ1) is 7.70. The summed E-state index contributed by atoms with van der Waals surface area (Å²) in [5, 5.41) is 0. The van der Waals surface area contributed by atoms with Crippen molar-refractivity contribution >= 4 is 11.6 Å². The lowest BCUT2D eigenvalue weighted by atomic mass is 10.2. The van der Waals surface area contributed by atoms with E-state index < -0.39 is 0 Å². The Morgan fingerprint density at radius 3 is 2.31 bits per heavy atom. The van der Waals surface area contributed by atoms with Gasteiger partial charge in [-0.05, 0) is 12.1 Å². The van der Waals surface area contributed by atoms with Crippen molar-refractivity contribution in [3.63, 3.8) is 0 Å². The number of nitrogens with two attached hydrogens (primary N) is 2. The molecule has 0 saturated carbocycles. The molecule has 1 heterocycles. The molecule has 0 fully saturated rings. The van der Waals surface area contributed by atoms with E-state index in [1.54, 1.807) is 7.11 Å². The normalized spacial score (nSPS) is 10.1. The van der Waals surface area contributed by atoms with Crippen LogP contribution in [0.25, 0.3) is 11.4 Å². The van der Waals surface area contributed by atoms with Crippen molar-refractivity contribution in [3.05, 3.63) is 30.3 Å². The summed E-state index contributed by atoms with van der Waals surface area (Å²) in [7, 11) is 1.59. The van der Waals surface area contributed by atoms with E-state index in [-0.39, 0.29) is 0 Å². The second-order valence-electron chi connectivity index (χ2n) is 3.24. The van der Waals surface area contributed by atoms with E-state index in [0.717, 1.165) is 5.56 Å². The zero-order valence-electron chi connectivity index (χ0n) is 8.84. The van der Waals surface area contributed by atoms with E-state index in [2.05, 4.69) is 9.97 Å². The fourth-order valence-corrected chi connectivity index (χ4v) is 1.44. The Balaban J connectivity index is 2.58. The maximum absolute atomic E-state index is 5.62. The highest BCUT2D eigenvalue weighted by Gasteiger charge is 2.08. The van der Waals surface area contributed by atoms with Crippen LogP contribution in [0.3, 0.4) is 0 Å². The minimum absolute atomic E-state index is 0.341. The smallest absolute Gasteiger partial charge is 0.167 e. The Morgan fingerprint density at radius 1 is 1.06 bits per heavy atom. The molecular formula is C11H12N4O. The number of nitrogens with zero attached hydrogens (tertiary/aromatic N) is 2. The molecule has 1 aromatic carbocycles. The van der Waals surface area contributed by atoms with Crippen LogP contribution in [0, 0.1) is 0 Å². The van der Waals surface area contributed by atoms with Gasteiger partial charge in [0.15, 0.2) is 5.82 Å². The predicted molar refractivity (Wildman–Crippen MR) is 62.8 cm³/mol. The Kier molecular flexibility index (Phi) is 2.59. The first-order valence-corrected chi connectivity index (χ1v) is 4.74. The third-order valence-electron chi connectivity index (χ3n) is 2.11. The summed E-state index contributed by atoms with van der Waals surface area (Å²) in [6.07, 6.45) is 0. The fourth-order valence-electron chi connectivity index (χ4n) is 1.44. The van der Waals surface area contributed by atoms with Gasteiger partial charge in [-0.15, -0.1) is 0 Å². The van der Waals surface area contributed by atoms with Crippen LogP contribution in [0.4, 0.5) is 11.6 Å². The molecule has 0 unspecified atom stereocenters. The molecule has 4 N–H and O–H groups in total. The minimum Gasteiger partial charge on any atom is -0.496 e. The second kappa shape index (κ2) is 4.06. The fraction of sp³-hybridized carbons (Fsp3) is 0.0909. The van der Waals surface area contributed by atoms with Gasteiger partial charge in [-0.1, -0.05) is 12.1 Å². The number of aromatic nitrogens is 2. The van der Waals surface area contributed by atoms with Gasteiger partial charge >= 0.3 is 0 Å². The Labute approximate surface area is 93.1 Å². The van der Waals surface area contributed by atoms with Crippen molar-refractivity contribution in [1.82, 2.24) is 9.97 Å². The topological polar surface area (TPSA) is 87.0 Å². The molecule has 0 aliphatic rings. The molecule has 82 valence electrons. The van der Waals surface area contributed by atoms with E-state index in [4.69, 9.17) is 16.2 Å². The Morgan fingerprint density at radius 2 is 1.69 bits per heavy atom. The van der Waals surface area contributed by atoms with Crippen LogP contribution in [-0.4, -0.2) is 17.1 Å². The predicted octanol–water partition coefficient (Wildman–Crippen LogP) is 1.32. The van der Waals surface area contributed by atoms with Crippen LogP contribution < -0.4 is 16.2 Å². The summed E-state index contributed by atoms with van der Waals surface area (Å²) in [5.41, 5.74) is 12.0. The molecule has 0 saturated heterocycles. The summed E-state index contributed by atoms with van der Waals surface area (Å²) < 4.78 is 5.22. The highest BCUT2D eigenvalue weighted by atomic mass is 16.5. The summed E-state index contributed by atoms with van der Waals surface area (Å²) in [6, 6.07) is 8.95. The van der Waals surface area contributed by atoms with E-state index in [1.165, 1.54) is 6.07 Å². The lowest BCUT2D eigenvalue weighted by Crippen LogP contribution is -2.00. The molecule has 16 heavy (non-hydrogen) atoms. The molecule has 0 amide bonds. The minimum atomic E-state index is 0.341. The molecule has 0 spiro atoms. The van der Waals surface area contributed by atoms with Crippen LogP contribution >= 0.6 is 0 Å². The standard InChI is InChI=1S/C11H12N4O/c1-16-8-5-3-2-4-7(8)11-14-9(12)6-10(13)15-11/h2-6H,1H3,(H4,12,13,14,15). The van der Waals surface area contributed by atoms with Crippen LogP contribution in [-0.2, 0) is 0 Å². The van der Waals surface area contributed by atoms with Gasteiger partial charge in [-0.25, -0.2) is 9.97 Å². The highest BCUT2D eigenvalue weighted by Crippen LogP contribution is 2.27. The van der Waals surface area contributed by atoms with Crippen molar-refractivity contribution in [3.8, 4) is 17.1 Å². The maximum atomic E-state index is 5.62. The third kappa shape index (κ3) is 1.88. The van der Waals surface area contributed by atoms with Crippen molar-refractivity contribution in [2.45, 2.75) is 0 Å². The number of nitrogen functional groups attached to an aromatic ring is 2. The number of benzene rings is 1. The van der Waals surface area contributed by atoms with E-state index >= 15 is 0 Å². The van der Waals surface area contributed by atoms with Gasteiger partial charge in [0.25, 0.3) is 0 Å². The van der Waals surface area contributed by atoms with E-state index in [0.29, 0.717) is 23.2 Å². The average Bonchev–Trinajstić information content (AvgIpc) is 2.27. The number of hydrogen-bond donors (Lipinski definition) is 2. The molecule has 0 bridgehead atoms. The molecule has 2 rings (SSSR count). The first-order valence-electron chi connectivity index (χ1n) is 4.74. The second-order valence-corrected chi connectivity index (χ2v) is 3.24. The van der Waals surface area contributed by atoms with Gasteiger partial charge in [0.05, 0.1) is 12.7 Å². The van der Waals surface area contributed by atoms with E-state index in [9.17, 15) is 0 Å². The number of methoxy groups -OCH3 is 1. The van der Waals surface area contributed by atoms with Gasteiger partial charge in [0, 0.05) is 6.07 Å². The number of anilines is 2. The molecule has 0 aliphatic heterocycles. The molecule has 0 radical (unpaired) electrons. The number of rotatable bonds is 2. The molecule has 1 aromatic heterocycles. The highest BCUT2D eigenvalue weighted by molar-refractivity contribution is 5.66. The molecule has 0 aliphatic carbocycles. The number of ether oxygens (including phenoxy) is 1. The molecule has 5 heteroatoms. The quantitative estimate of drug-likeness (QED) is 0.790. The lowest BCUT2D eigenvalue weighted by Gasteiger charge is -2.07. The van der Waals surface area contributed by atoms with Gasteiger partial charge in [0.1, 0.15) is 17.4 Å². The zero-order chi connectivity index (χ0) is 11.5. The van der Waals surface area contributed by atoms with Crippen molar-refractivity contribution in [2.24, 2.45) is 0 Å².